The third-order valence-corrected chi connectivity index (χ3v) is 6.27. The maximum Gasteiger partial charge on any atom is 0.315 e. The third-order valence-electron chi connectivity index (χ3n) is 5.07. The quantitative estimate of drug-likeness (QED) is 0.447. The first-order chi connectivity index (χ1) is 14.8. The van der Waals surface area contributed by atoms with Gasteiger partial charge in [0.25, 0.3) is 0 Å². The first-order valence-electron chi connectivity index (χ1n) is 9.74. The molecular weight excluding hydrogens is 416 g/mol. The first-order valence-corrected chi connectivity index (χ1v) is 11.6. The van der Waals surface area contributed by atoms with Gasteiger partial charge in [0, 0.05) is 36.3 Å². The van der Waals surface area contributed by atoms with Crippen LogP contribution in [0.2, 0.25) is 0 Å². The molecule has 4 rings (SSSR count). The van der Waals surface area contributed by atoms with Crippen LogP contribution in [0.15, 0.2) is 54.7 Å². The van der Waals surface area contributed by atoms with Crippen LogP contribution in [-0.2, 0) is 34.1 Å². The molecule has 0 saturated carbocycles. The Morgan fingerprint density at radius 2 is 1.94 bits per heavy atom. The van der Waals surface area contributed by atoms with Crippen LogP contribution in [0.3, 0.4) is 0 Å². The SMILES string of the molecule is CN(c1ccccc1CCc1ccnc(Nc2ccc3c(c2)OC(=O)C3)n1)S(C)(=O)=O. The maximum atomic E-state index is 11.9. The van der Waals surface area contributed by atoms with Crippen molar-refractivity contribution in [2.75, 3.05) is 22.9 Å². The number of aromatic nitrogens is 2. The summed E-state index contributed by atoms with van der Waals surface area (Å²) in [6.07, 6.45) is 4.39. The van der Waals surface area contributed by atoms with E-state index in [1.54, 1.807) is 25.4 Å². The highest BCUT2D eigenvalue weighted by molar-refractivity contribution is 7.92. The Hall–Kier alpha value is -3.46. The molecule has 0 radical (unpaired) electrons. The molecule has 31 heavy (non-hydrogen) atoms. The highest BCUT2D eigenvalue weighted by Gasteiger charge is 2.20. The number of hydrogen-bond acceptors (Lipinski definition) is 7. The number of aryl methyl sites for hydroxylation is 2. The molecule has 0 atom stereocenters. The number of hydrogen-bond donors (Lipinski definition) is 1. The van der Waals surface area contributed by atoms with Crippen LogP contribution in [0.4, 0.5) is 17.3 Å². The molecule has 0 aliphatic carbocycles. The largest absolute Gasteiger partial charge is 0.426 e. The Kier molecular flexibility index (Phi) is 5.60. The Labute approximate surface area is 181 Å². The fraction of sp³-hybridized carbons (Fsp3) is 0.227. The minimum Gasteiger partial charge on any atom is -0.426 e. The number of ether oxygens (including phenoxy) is 1. The van der Waals surface area contributed by atoms with E-state index < -0.39 is 10.0 Å². The van der Waals surface area contributed by atoms with E-state index >= 15 is 0 Å². The lowest BCUT2D eigenvalue weighted by atomic mass is 10.1. The summed E-state index contributed by atoms with van der Waals surface area (Å²) >= 11 is 0. The van der Waals surface area contributed by atoms with Gasteiger partial charge in [-0.15, -0.1) is 0 Å². The molecule has 1 aliphatic rings. The second-order valence-electron chi connectivity index (χ2n) is 7.33. The van der Waals surface area contributed by atoms with E-state index in [1.807, 2.05) is 36.4 Å². The standard InChI is InChI=1S/C22H22N4O4S/c1-26(31(2,28)29)19-6-4-3-5-15(19)7-9-17-11-12-23-22(24-17)25-18-10-8-16-13-21(27)30-20(16)14-18/h3-6,8,10-12,14H,7,9,13H2,1-2H3,(H,23,24,25). The second kappa shape index (κ2) is 8.35. The van der Waals surface area contributed by atoms with E-state index in [0.29, 0.717) is 30.2 Å². The number of sulfonamides is 1. The average Bonchev–Trinajstić information content (AvgIpc) is 3.11. The zero-order chi connectivity index (χ0) is 22.0. The maximum absolute atomic E-state index is 11.9. The normalized spacial score (nSPS) is 12.9. The number of nitrogens with one attached hydrogen (secondary N) is 1. The molecular formula is C22H22N4O4S. The molecule has 9 heteroatoms. The van der Waals surface area contributed by atoms with Gasteiger partial charge in [-0.05, 0) is 36.6 Å². The molecule has 0 bridgehead atoms. The Morgan fingerprint density at radius 1 is 1.13 bits per heavy atom. The Bertz CT molecular complexity index is 1240. The lowest BCUT2D eigenvalue weighted by Crippen LogP contribution is -2.26. The number of fused-ring (bicyclic) bond motifs is 1. The Morgan fingerprint density at radius 3 is 2.74 bits per heavy atom. The molecule has 1 aromatic heterocycles. The van der Waals surface area contributed by atoms with Crippen molar-refractivity contribution in [1.29, 1.82) is 0 Å². The van der Waals surface area contributed by atoms with Crippen LogP contribution in [0.5, 0.6) is 5.75 Å². The van der Waals surface area contributed by atoms with Crippen LogP contribution < -0.4 is 14.4 Å². The molecule has 1 aliphatic heterocycles. The summed E-state index contributed by atoms with van der Waals surface area (Å²) in [4.78, 5) is 20.2. The van der Waals surface area contributed by atoms with Crippen molar-refractivity contribution < 1.29 is 17.9 Å². The van der Waals surface area contributed by atoms with Crippen LogP contribution >= 0.6 is 0 Å². The summed E-state index contributed by atoms with van der Waals surface area (Å²) in [6.45, 7) is 0. The van der Waals surface area contributed by atoms with Gasteiger partial charge < -0.3 is 10.1 Å². The molecule has 2 aromatic carbocycles. The molecule has 0 fully saturated rings. The summed E-state index contributed by atoms with van der Waals surface area (Å²) in [7, 11) is -1.79. The zero-order valence-corrected chi connectivity index (χ0v) is 18.0. The number of rotatable bonds is 7. The van der Waals surface area contributed by atoms with Gasteiger partial charge in [0.15, 0.2) is 0 Å². The van der Waals surface area contributed by atoms with Gasteiger partial charge in [-0.25, -0.2) is 18.4 Å². The third kappa shape index (κ3) is 4.83. The molecule has 160 valence electrons. The summed E-state index contributed by atoms with van der Waals surface area (Å²) < 4.78 is 30.3. The fourth-order valence-corrected chi connectivity index (χ4v) is 3.92. The minimum absolute atomic E-state index is 0.257. The summed E-state index contributed by atoms with van der Waals surface area (Å²) in [5, 5.41) is 3.14. The van der Waals surface area contributed by atoms with Gasteiger partial charge in [-0.2, -0.15) is 0 Å². The first kappa shape index (κ1) is 20.8. The van der Waals surface area contributed by atoms with Gasteiger partial charge >= 0.3 is 5.97 Å². The van der Waals surface area contributed by atoms with E-state index in [9.17, 15) is 13.2 Å². The van der Waals surface area contributed by atoms with E-state index in [-0.39, 0.29) is 12.4 Å². The number of anilines is 3. The lowest BCUT2D eigenvalue weighted by Gasteiger charge is -2.20. The van der Waals surface area contributed by atoms with E-state index in [4.69, 9.17) is 4.74 Å². The van der Waals surface area contributed by atoms with Crippen molar-refractivity contribution in [1.82, 2.24) is 9.97 Å². The molecule has 0 spiro atoms. The molecule has 3 aromatic rings. The van der Waals surface area contributed by atoms with Crippen molar-refractivity contribution in [3.63, 3.8) is 0 Å². The summed E-state index contributed by atoms with van der Waals surface area (Å²) in [5.41, 5.74) is 3.99. The number of benzene rings is 2. The molecule has 0 saturated heterocycles. The zero-order valence-electron chi connectivity index (χ0n) is 17.2. The number of para-hydroxylation sites is 1. The second-order valence-corrected chi connectivity index (χ2v) is 9.34. The Balaban J connectivity index is 1.47. The predicted molar refractivity (Wildman–Crippen MR) is 118 cm³/mol. The van der Waals surface area contributed by atoms with Crippen molar-refractivity contribution in [2.45, 2.75) is 19.3 Å². The lowest BCUT2D eigenvalue weighted by molar-refractivity contribution is -0.131. The van der Waals surface area contributed by atoms with Crippen LogP contribution in [-0.4, -0.2) is 37.7 Å². The molecule has 2 heterocycles. The topological polar surface area (TPSA) is 101 Å². The molecule has 0 unspecified atom stereocenters. The van der Waals surface area contributed by atoms with Crippen molar-refractivity contribution >= 4 is 33.3 Å². The van der Waals surface area contributed by atoms with Crippen LogP contribution in [0.25, 0.3) is 0 Å². The van der Waals surface area contributed by atoms with Crippen molar-refractivity contribution in [2.24, 2.45) is 0 Å². The number of esters is 1. The monoisotopic (exact) mass is 438 g/mol. The van der Waals surface area contributed by atoms with Crippen molar-refractivity contribution in [3.8, 4) is 5.75 Å². The number of carbonyl (C=O) groups excluding carboxylic acids is 1. The fourth-order valence-electron chi connectivity index (χ4n) is 3.38. The minimum atomic E-state index is -3.34. The van der Waals surface area contributed by atoms with Crippen LogP contribution in [0, 0.1) is 0 Å². The van der Waals surface area contributed by atoms with Gasteiger partial charge in [-0.3, -0.25) is 9.10 Å². The summed E-state index contributed by atoms with van der Waals surface area (Å²) in [5.74, 6) is 0.730. The molecule has 8 nitrogen and oxygen atoms in total. The average molecular weight is 439 g/mol. The molecule has 0 amide bonds. The van der Waals surface area contributed by atoms with Crippen LogP contribution in [0.1, 0.15) is 16.8 Å². The highest BCUT2D eigenvalue weighted by atomic mass is 32.2. The van der Waals surface area contributed by atoms with E-state index in [1.165, 1.54) is 10.6 Å². The van der Waals surface area contributed by atoms with Gasteiger partial charge in [0.2, 0.25) is 16.0 Å². The van der Waals surface area contributed by atoms with Crippen molar-refractivity contribution in [3.05, 3.63) is 71.5 Å². The summed E-state index contributed by atoms with van der Waals surface area (Å²) in [6, 6.07) is 14.7. The van der Waals surface area contributed by atoms with E-state index in [2.05, 4.69) is 15.3 Å². The van der Waals surface area contributed by atoms with Gasteiger partial charge in [-0.1, -0.05) is 24.3 Å². The molecule has 1 N–H and O–H groups in total. The number of nitrogens with zero attached hydrogens (tertiary/aromatic N) is 3. The van der Waals surface area contributed by atoms with Gasteiger partial charge in [0.1, 0.15) is 5.75 Å². The van der Waals surface area contributed by atoms with Gasteiger partial charge in [0.05, 0.1) is 18.4 Å². The smallest absolute Gasteiger partial charge is 0.315 e. The van der Waals surface area contributed by atoms with E-state index in [0.717, 1.165) is 22.5 Å². The number of carbonyl (C=O) groups is 1. The highest BCUT2D eigenvalue weighted by Crippen LogP contribution is 2.30. The predicted octanol–water partition coefficient (Wildman–Crippen LogP) is 2.86.